The second-order valence-corrected chi connectivity index (χ2v) is 5.05. The van der Waals surface area contributed by atoms with Gasteiger partial charge in [-0.25, -0.2) is 9.37 Å². The quantitative estimate of drug-likeness (QED) is 0.874. The molecule has 0 radical (unpaired) electrons. The van der Waals surface area contributed by atoms with Gasteiger partial charge in [-0.3, -0.25) is 4.79 Å². The summed E-state index contributed by atoms with van der Waals surface area (Å²) in [5.74, 6) is 0.502. The molecule has 20 heavy (non-hydrogen) atoms. The molecule has 4 nitrogen and oxygen atoms in total. The molecule has 104 valence electrons. The summed E-state index contributed by atoms with van der Waals surface area (Å²) in [4.78, 5) is 20.5. The van der Waals surface area contributed by atoms with Gasteiger partial charge in [0, 0.05) is 12.1 Å². The first-order chi connectivity index (χ1) is 9.78. The number of amides is 1. The fraction of sp³-hybridized carbons (Fsp3) is 0.333. The van der Waals surface area contributed by atoms with Gasteiger partial charge in [-0.2, -0.15) is 0 Å². The van der Waals surface area contributed by atoms with Crippen LogP contribution in [0.3, 0.4) is 0 Å². The van der Waals surface area contributed by atoms with E-state index in [9.17, 15) is 9.18 Å². The number of piperidine rings is 1. The van der Waals surface area contributed by atoms with Gasteiger partial charge in [-0.05, 0) is 31.4 Å². The zero-order valence-electron chi connectivity index (χ0n) is 11.1. The molecule has 0 saturated carbocycles. The van der Waals surface area contributed by atoms with Crippen LogP contribution in [0.25, 0.3) is 11.3 Å². The molecule has 0 aliphatic carbocycles. The maximum absolute atomic E-state index is 13.2. The van der Waals surface area contributed by atoms with Gasteiger partial charge in [0.1, 0.15) is 11.6 Å². The molecule has 1 aliphatic heterocycles. The van der Waals surface area contributed by atoms with Crippen LogP contribution in [0.4, 0.5) is 4.39 Å². The largest absolute Gasteiger partial charge is 0.340 e. The highest BCUT2D eigenvalue weighted by Crippen LogP contribution is 2.29. The molecule has 1 unspecified atom stereocenters. The monoisotopic (exact) mass is 273 g/mol. The second-order valence-electron chi connectivity index (χ2n) is 5.05. The van der Waals surface area contributed by atoms with Crippen molar-refractivity contribution in [3.05, 3.63) is 42.1 Å². The summed E-state index contributed by atoms with van der Waals surface area (Å²) in [6, 6.07) is 6.39. The predicted octanol–water partition coefficient (Wildman–Crippen LogP) is 2.90. The minimum Gasteiger partial charge on any atom is -0.340 e. The number of aromatic amines is 1. The molecule has 1 atom stereocenters. The van der Waals surface area contributed by atoms with Gasteiger partial charge >= 0.3 is 0 Å². The first kappa shape index (κ1) is 12.8. The van der Waals surface area contributed by atoms with Crippen LogP contribution in [0.15, 0.2) is 30.5 Å². The van der Waals surface area contributed by atoms with Crippen LogP contribution < -0.4 is 0 Å². The lowest BCUT2D eigenvalue weighted by Crippen LogP contribution is -2.32. The number of H-pyrrole nitrogens is 1. The number of hydrogen-bond acceptors (Lipinski definition) is 2. The molecule has 0 bridgehead atoms. The summed E-state index contributed by atoms with van der Waals surface area (Å²) >= 11 is 0. The van der Waals surface area contributed by atoms with Gasteiger partial charge in [0.2, 0.25) is 6.41 Å². The summed E-state index contributed by atoms with van der Waals surface area (Å²) in [7, 11) is 0. The lowest BCUT2D eigenvalue weighted by molar-refractivity contribution is -0.121. The van der Waals surface area contributed by atoms with Crippen LogP contribution in [0, 0.1) is 5.82 Å². The lowest BCUT2D eigenvalue weighted by Gasteiger charge is -2.31. The van der Waals surface area contributed by atoms with Crippen LogP contribution in [0.1, 0.15) is 31.1 Å². The first-order valence-corrected chi connectivity index (χ1v) is 6.80. The van der Waals surface area contributed by atoms with Crippen molar-refractivity contribution in [3.63, 3.8) is 0 Å². The number of carbonyl (C=O) groups excluding carboxylic acids is 1. The van der Waals surface area contributed by atoms with E-state index in [0.717, 1.165) is 49.3 Å². The summed E-state index contributed by atoms with van der Waals surface area (Å²) < 4.78 is 13.2. The first-order valence-electron chi connectivity index (χ1n) is 6.80. The average Bonchev–Trinajstić information content (AvgIpc) is 2.97. The van der Waals surface area contributed by atoms with Gasteiger partial charge in [-0.1, -0.05) is 12.1 Å². The zero-order chi connectivity index (χ0) is 13.9. The molecule has 1 N–H and O–H groups in total. The van der Waals surface area contributed by atoms with E-state index in [-0.39, 0.29) is 11.9 Å². The van der Waals surface area contributed by atoms with E-state index in [1.807, 2.05) is 6.07 Å². The Morgan fingerprint density at radius 1 is 1.40 bits per heavy atom. The van der Waals surface area contributed by atoms with E-state index in [2.05, 4.69) is 9.97 Å². The topological polar surface area (TPSA) is 49.0 Å². The highest BCUT2D eigenvalue weighted by Gasteiger charge is 2.25. The lowest BCUT2D eigenvalue weighted by atomic mass is 10.0. The number of hydrogen-bond donors (Lipinski definition) is 1. The van der Waals surface area contributed by atoms with E-state index >= 15 is 0 Å². The fourth-order valence-corrected chi connectivity index (χ4v) is 2.68. The van der Waals surface area contributed by atoms with Crippen molar-refractivity contribution in [2.45, 2.75) is 25.3 Å². The Bertz CT molecular complexity index is 611. The highest BCUT2D eigenvalue weighted by molar-refractivity contribution is 5.58. The van der Waals surface area contributed by atoms with Crippen molar-refractivity contribution in [2.24, 2.45) is 0 Å². The van der Waals surface area contributed by atoms with Crippen LogP contribution >= 0.6 is 0 Å². The zero-order valence-corrected chi connectivity index (χ0v) is 11.1. The van der Waals surface area contributed by atoms with E-state index in [4.69, 9.17) is 0 Å². The van der Waals surface area contributed by atoms with E-state index in [1.165, 1.54) is 12.1 Å². The van der Waals surface area contributed by atoms with Crippen LogP contribution in [0.2, 0.25) is 0 Å². The number of halogens is 1. The number of rotatable bonds is 3. The Morgan fingerprint density at radius 2 is 2.30 bits per heavy atom. The van der Waals surface area contributed by atoms with Crippen molar-refractivity contribution in [3.8, 4) is 11.3 Å². The maximum atomic E-state index is 13.2. The van der Waals surface area contributed by atoms with Crippen LogP contribution in [-0.2, 0) is 4.79 Å². The van der Waals surface area contributed by atoms with Crippen molar-refractivity contribution < 1.29 is 9.18 Å². The van der Waals surface area contributed by atoms with E-state index in [0.29, 0.717) is 0 Å². The molecule has 0 spiro atoms. The molecule has 3 rings (SSSR count). The molecule has 5 heteroatoms. The molecular weight excluding hydrogens is 257 g/mol. The molecule has 1 fully saturated rings. The van der Waals surface area contributed by atoms with Crippen LogP contribution in [0.5, 0.6) is 0 Å². The number of nitrogens with zero attached hydrogens (tertiary/aromatic N) is 2. The standard InChI is InChI=1S/C15H16FN3O/c16-12-5-3-4-11(8-12)13-9-17-15(18-13)14-6-1-2-7-19(14)10-20/h3-5,8-10,14H,1-2,6-7H2,(H,17,18). The van der Waals surface area contributed by atoms with Crippen molar-refractivity contribution >= 4 is 6.41 Å². The number of likely N-dealkylation sites (tertiary alicyclic amines) is 1. The van der Waals surface area contributed by atoms with E-state index < -0.39 is 0 Å². The summed E-state index contributed by atoms with van der Waals surface area (Å²) in [6.45, 7) is 0.768. The SMILES string of the molecule is O=CN1CCCCC1c1ncc(-c2cccc(F)c2)[nH]1. The number of aromatic nitrogens is 2. The average molecular weight is 273 g/mol. The minimum atomic E-state index is -0.272. The molecule has 2 heterocycles. The molecule has 2 aromatic rings. The van der Waals surface area contributed by atoms with E-state index in [1.54, 1.807) is 17.2 Å². The molecular formula is C15H16FN3O. The Hall–Kier alpha value is -2.17. The van der Waals surface area contributed by atoms with Gasteiger partial charge in [0.05, 0.1) is 17.9 Å². The van der Waals surface area contributed by atoms with Crippen molar-refractivity contribution in [2.75, 3.05) is 6.54 Å². The number of benzene rings is 1. The third kappa shape index (κ3) is 2.43. The molecule has 1 saturated heterocycles. The Balaban J connectivity index is 1.88. The maximum Gasteiger partial charge on any atom is 0.210 e. The molecule has 1 aromatic carbocycles. The Kier molecular flexibility index (Phi) is 3.50. The third-order valence-electron chi connectivity index (χ3n) is 3.73. The van der Waals surface area contributed by atoms with Gasteiger partial charge in [-0.15, -0.1) is 0 Å². The van der Waals surface area contributed by atoms with Gasteiger partial charge in [0.25, 0.3) is 0 Å². The molecule has 1 aliphatic rings. The smallest absolute Gasteiger partial charge is 0.210 e. The predicted molar refractivity (Wildman–Crippen MR) is 73.3 cm³/mol. The number of imidazole rings is 1. The summed E-state index contributed by atoms with van der Waals surface area (Å²) in [5.41, 5.74) is 1.54. The minimum absolute atomic E-state index is 0.00330. The number of carbonyl (C=O) groups is 1. The summed E-state index contributed by atoms with van der Waals surface area (Å²) in [6.07, 6.45) is 5.61. The second kappa shape index (κ2) is 5.45. The van der Waals surface area contributed by atoms with Gasteiger partial charge in [0.15, 0.2) is 0 Å². The summed E-state index contributed by atoms with van der Waals surface area (Å²) in [5, 5.41) is 0. The molecule has 1 amide bonds. The van der Waals surface area contributed by atoms with Gasteiger partial charge < -0.3 is 9.88 Å². The van der Waals surface area contributed by atoms with Crippen molar-refractivity contribution in [1.29, 1.82) is 0 Å². The highest BCUT2D eigenvalue weighted by atomic mass is 19.1. The van der Waals surface area contributed by atoms with Crippen LogP contribution in [-0.4, -0.2) is 27.8 Å². The molecule has 1 aromatic heterocycles. The Labute approximate surface area is 116 Å². The third-order valence-corrected chi connectivity index (χ3v) is 3.73. The fourth-order valence-electron chi connectivity index (χ4n) is 2.68. The number of nitrogens with one attached hydrogen (secondary N) is 1. The normalized spacial score (nSPS) is 19.1. The Morgan fingerprint density at radius 3 is 3.10 bits per heavy atom. The van der Waals surface area contributed by atoms with Crippen molar-refractivity contribution in [1.82, 2.24) is 14.9 Å².